The number of amides is 1. The van der Waals surface area contributed by atoms with Gasteiger partial charge in [0.2, 0.25) is 5.88 Å². The van der Waals surface area contributed by atoms with Crippen LogP contribution in [0, 0.1) is 0 Å². The number of fused-ring (bicyclic) bond motifs is 1. The van der Waals surface area contributed by atoms with Gasteiger partial charge in [0, 0.05) is 47.7 Å². The number of hydrogen-bond donors (Lipinski definition) is 1. The number of nitrogens with zero attached hydrogens (tertiary/aromatic N) is 4. The van der Waals surface area contributed by atoms with Crippen LogP contribution in [0.5, 0.6) is 5.88 Å². The maximum absolute atomic E-state index is 12.6. The third kappa shape index (κ3) is 3.13. The molecule has 0 aromatic carbocycles. The van der Waals surface area contributed by atoms with Crippen LogP contribution in [0.2, 0.25) is 0 Å². The Morgan fingerprint density at radius 2 is 2.00 bits per heavy atom. The lowest BCUT2D eigenvalue weighted by Gasteiger charge is -2.12. The molecule has 7 heteroatoms. The molecule has 1 amide bonds. The minimum atomic E-state index is -0.137. The van der Waals surface area contributed by atoms with E-state index in [9.17, 15) is 4.79 Å². The third-order valence-corrected chi connectivity index (χ3v) is 5.38. The van der Waals surface area contributed by atoms with Crippen LogP contribution in [0.15, 0.2) is 42.7 Å². The molecule has 3 aromatic rings. The van der Waals surface area contributed by atoms with Crippen LogP contribution in [0.25, 0.3) is 11.3 Å². The fourth-order valence-corrected chi connectivity index (χ4v) is 3.69. The van der Waals surface area contributed by atoms with E-state index in [1.165, 1.54) is 20.0 Å². The minimum Gasteiger partial charge on any atom is -0.481 e. The van der Waals surface area contributed by atoms with Crippen molar-refractivity contribution in [2.75, 3.05) is 7.11 Å². The molecule has 0 unspecified atom stereocenters. The van der Waals surface area contributed by atoms with Gasteiger partial charge in [0.25, 0.3) is 5.91 Å². The smallest absolute Gasteiger partial charge is 0.252 e. The van der Waals surface area contributed by atoms with Crippen molar-refractivity contribution in [2.45, 2.75) is 37.8 Å². The number of hydrogen-bond acceptors (Lipinski definition) is 5. The van der Waals surface area contributed by atoms with Crippen molar-refractivity contribution in [3.05, 3.63) is 59.7 Å². The molecule has 4 heterocycles. The summed E-state index contributed by atoms with van der Waals surface area (Å²) in [6.45, 7) is 0.792. The highest BCUT2D eigenvalue weighted by Crippen LogP contribution is 2.40. The fourth-order valence-electron chi connectivity index (χ4n) is 3.69. The Labute approximate surface area is 162 Å². The molecule has 0 bridgehead atoms. The SMILES string of the molecule is COc1cc(C(=O)N[C@H]2CCn3nc(-c4ccnc(C5CC5)c4)cc32)ccn1. The number of carbonyl (C=O) groups is 1. The van der Waals surface area contributed by atoms with E-state index in [4.69, 9.17) is 9.84 Å². The predicted molar refractivity (Wildman–Crippen MR) is 103 cm³/mol. The Morgan fingerprint density at radius 1 is 1.14 bits per heavy atom. The van der Waals surface area contributed by atoms with Crippen molar-refractivity contribution in [1.82, 2.24) is 25.1 Å². The first kappa shape index (κ1) is 16.9. The van der Waals surface area contributed by atoms with E-state index in [0.717, 1.165) is 35.6 Å². The molecular weight excluding hydrogens is 354 g/mol. The van der Waals surface area contributed by atoms with Gasteiger partial charge >= 0.3 is 0 Å². The molecule has 3 aromatic heterocycles. The van der Waals surface area contributed by atoms with Crippen molar-refractivity contribution in [3.8, 4) is 17.1 Å². The number of methoxy groups -OCH3 is 1. The normalized spacial score (nSPS) is 18.0. The second-order valence-corrected chi connectivity index (χ2v) is 7.32. The number of aromatic nitrogens is 4. The predicted octanol–water partition coefficient (Wildman–Crippen LogP) is 3.10. The van der Waals surface area contributed by atoms with E-state index in [0.29, 0.717) is 17.4 Å². The molecule has 0 saturated heterocycles. The van der Waals surface area contributed by atoms with Crippen LogP contribution in [-0.2, 0) is 6.54 Å². The number of rotatable bonds is 5. The molecule has 5 rings (SSSR count). The van der Waals surface area contributed by atoms with Crippen molar-refractivity contribution in [3.63, 3.8) is 0 Å². The van der Waals surface area contributed by atoms with Gasteiger partial charge in [0.1, 0.15) is 0 Å². The molecule has 0 spiro atoms. The molecular formula is C21H21N5O2. The summed E-state index contributed by atoms with van der Waals surface area (Å²) in [6.07, 6.45) is 6.73. The zero-order chi connectivity index (χ0) is 19.1. The Hall–Kier alpha value is -3.22. The van der Waals surface area contributed by atoms with Gasteiger partial charge in [-0.05, 0) is 43.5 Å². The first-order valence-electron chi connectivity index (χ1n) is 9.56. The Morgan fingerprint density at radius 3 is 2.82 bits per heavy atom. The number of pyridine rings is 2. The first-order chi connectivity index (χ1) is 13.7. The van der Waals surface area contributed by atoms with Crippen molar-refractivity contribution >= 4 is 5.91 Å². The molecule has 1 aliphatic heterocycles. The lowest BCUT2D eigenvalue weighted by Crippen LogP contribution is -2.27. The van der Waals surface area contributed by atoms with Crippen molar-refractivity contribution in [2.24, 2.45) is 0 Å². The van der Waals surface area contributed by atoms with Crippen LogP contribution >= 0.6 is 0 Å². The van der Waals surface area contributed by atoms with Gasteiger partial charge < -0.3 is 10.1 Å². The average molecular weight is 375 g/mol. The number of carbonyl (C=O) groups excluding carboxylic acids is 1. The summed E-state index contributed by atoms with van der Waals surface area (Å²) in [6, 6.07) is 9.50. The third-order valence-electron chi connectivity index (χ3n) is 5.38. The summed E-state index contributed by atoms with van der Waals surface area (Å²) >= 11 is 0. The highest BCUT2D eigenvalue weighted by molar-refractivity contribution is 5.94. The van der Waals surface area contributed by atoms with Gasteiger partial charge in [-0.3, -0.25) is 14.5 Å². The zero-order valence-corrected chi connectivity index (χ0v) is 15.6. The highest BCUT2D eigenvalue weighted by Gasteiger charge is 2.28. The van der Waals surface area contributed by atoms with Gasteiger partial charge in [-0.25, -0.2) is 4.98 Å². The number of ether oxygens (including phenoxy) is 1. The van der Waals surface area contributed by atoms with E-state index >= 15 is 0 Å². The summed E-state index contributed by atoms with van der Waals surface area (Å²) in [7, 11) is 1.54. The Bertz CT molecular complexity index is 1040. The molecule has 1 aliphatic carbocycles. The number of nitrogens with one attached hydrogen (secondary N) is 1. The summed E-state index contributed by atoms with van der Waals surface area (Å²) in [5.41, 5.74) is 4.75. The maximum atomic E-state index is 12.6. The maximum Gasteiger partial charge on any atom is 0.252 e. The van der Waals surface area contributed by atoms with Gasteiger partial charge in [0.05, 0.1) is 24.5 Å². The molecule has 1 fully saturated rings. The molecule has 142 valence electrons. The lowest BCUT2D eigenvalue weighted by atomic mass is 10.1. The van der Waals surface area contributed by atoms with Crippen LogP contribution in [0.3, 0.4) is 0 Å². The second-order valence-electron chi connectivity index (χ2n) is 7.32. The standard InChI is InChI=1S/C21H21N5O2/c1-28-20-11-15(5-8-23-20)21(27)24-16-6-9-26-19(16)12-18(25-26)14-4-7-22-17(10-14)13-2-3-13/h4-5,7-8,10-13,16H,2-3,6,9H2,1H3,(H,24,27)/t16-/m0/s1. The fraction of sp³-hybridized carbons (Fsp3) is 0.333. The second kappa shape index (κ2) is 6.74. The zero-order valence-electron chi connectivity index (χ0n) is 15.6. The average Bonchev–Trinajstić information content (AvgIpc) is 3.40. The highest BCUT2D eigenvalue weighted by atomic mass is 16.5. The minimum absolute atomic E-state index is 0.0577. The van der Waals surface area contributed by atoms with Gasteiger partial charge in [-0.2, -0.15) is 5.10 Å². The van der Waals surface area contributed by atoms with Crippen LogP contribution in [0.4, 0.5) is 0 Å². The quantitative estimate of drug-likeness (QED) is 0.741. The van der Waals surface area contributed by atoms with Gasteiger partial charge in [-0.15, -0.1) is 0 Å². The topological polar surface area (TPSA) is 81.9 Å². The Balaban J connectivity index is 1.36. The van der Waals surface area contributed by atoms with Crippen LogP contribution in [-0.4, -0.2) is 32.8 Å². The summed E-state index contributed by atoms with van der Waals surface area (Å²) in [5, 5.41) is 7.86. The summed E-state index contributed by atoms with van der Waals surface area (Å²) < 4.78 is 7.09. The first-order valence-corrected chi connectivity index (χ1v) is 9.56. The Kier molecular flexibility index (Phi) is 4.07. The molecule has 1 saturated carbocycles. The van der Waals surface area contributed by atoms with Crippen molar-refractivity contribution in [1.29, 1.82) is 0 Å². The van der Waals surface area contributed by atoms with E-state index in [1.54, 1.807) is 18.3 Å². The molecule has 1 N–H and O–H groups in total. The number of aryl methyl sites for hydroxylation is 1. The summed E-state index contributed by atoms with van der Waals surface area (Å²) in [4.78, 5) is 21.2. The molecule has 7 nitrogen and oxygen atoms in total. The molecule has 0 radical (unpaired) electrons. The van der Waals surface area contributed by atoms with Gasteiger partial charge in [0.15, 0.2) is 0 Å². The van der Waals surface area contributed by atoms with E-state index in [-0.39, 0.29) is 11.9 Å². The largest absolute Gasteiger partial charge is 0.481 e. The van der Waals surface area contributed by atoms with E-state index < -0.39 is 0 Å². The lowest BCUT2D eigenvalue weighted by molar-refractivity contribution is 0.0936. The monoisotopic (exact) mass is 375 g/mol. The van der Waals surface area contributed by atoms with Crippen LogP contribution < -0.4 is 10.1 Å². The van der Waals surface area contributed by atoms with Gasteiger partial charge in [-0.1, -0.05) is 0 Å². The molecule has 28 heavy (non-hydrogen) atoms. The van der Waals surface area contributed by atoms with E-state index in [2.05, 4.69) is 27.4 Å². The van der Waals surface area contributed by atoms with Crippen molar-refractivity contribution < 1.29 is 9.53 Å². The summed E-state index contributed by atoms with van der Waals surface area (Å²) in [5.74, 6) is 0.899. The molecule has 2 aliphatic rings. The molecule has 1 atom stereocenters. The van der Waals surface area contributed by atoms with E-state index in [1.807, 2.05) is 16.9 Å². The van der Waals surface area contributed by atoms with Crippen LogP contribution in [0.1, 0.15) is 53.0 Å².